The molecule has 0 N–H and O–H groups in total. The van der Waals surface area contributed by atoms with Crippen LogP contribution in [0.2, 0.25) is 5.02 Å². The molecule has 1 aliphatic carbocycles. The van der Waals surface area contributed by atoms with E-state index in [1.807, 2.05) is 28.8 Å². The number of hydrogen-bond acceptors (Lipinski definition) is 2. The predicted octanol–water partition coefficient (Wildman–Crippen LogP) is 5.65. The minimum Gasteiger partial charge on any atom is -0.350 e. The Balaban J connectivity index is 1.54. The van der Waals surface area contributed by atoms with Crippen LogP contribution in [0.3, 0.4) is 0 Å². The highest BCUT2D eigenvalue weighted by Gasteiger charge is 2.37. The van der Waals surface area contributed by atoms with Gasteiger partial charge in [0.05, 0.1) is 16.8 Å². The molecule has 2 fully saturated rings. The van der Waals surface area contributed by atoms with Gasteiger partial charge in [0.15, 0.2) is 0 Å². The summed E-state index contributed by atoms with van der Waals surface area (Å²) in [5, 5.41) is 1.55. The van der Waals surface area contributed by atoms with Crippen LogP contribution in [0.5, 0.6) is 0 Å². The molecule has 5 rings (SSSR count). The van der Waals surface area contributed by atoms with Crippen LogP contribution in [-0.2, 0) is 7.05 Å². The molecule has 156 valence electrons. The highest BCUT2D eigenvalue weighted by Crippen LogP contribution is 2.51. The maximum atomic E-state index is 14.5. The molecule has 1 saturated carbocycles. The molecule has 3 heterocycles. The third kappa shape index (κ3) is 3.20. The van der Waals surface area contributed by atoms with E-state index in [1.165, 1.54) is 12.5 Å². The number of fused-ring (bicyclic) bond motifs is 1. The third-order valence-corrected chi connectivity index (χ3v) is 7.03. The Morgan fingerprint density at radius 3 is 2.63 bits per heavy atom. The normalized spacial score (nSPS) is 21.6. The van der Waals surface area contributed by atoms with Gasteiger partial charge in [0.25, 0.3) is 5.91 Å². The number of aromatic nitrogens is 2. The van der Waals surface area contributed by atoms with Crippen molar-refractivity contribution in [2.75, 3.05) is 13.1 Å². The van der Waals surface area contributed by atoms with E-state index in [0.29, 0.717) is 16.1 Å². The van der Waals surface area contributed by atoms with Crippen molar-refractivity contribution in [2.24, 2.45) is 7.05 Å². The molecule has 3 aromatic rings. The summed E-state index contributed by atoms with van der Waals surface area (Å²) in [4.78, 5) is 19.9. The number of carbonyl (C=O) groups excluding carboxylic acids is 1. The number of amides is 1. The van der Waals surface area contributed by atoms with Crippen LogP contribution < -0.4 is 0 Å². The molecule has 4 nitrogen and oxygen atoms in total. The van der Waals surface area contributed by atoms with Crippen molar-refractivity contribution in [3.8, 4) is 0 Å². The molecule has 1 aromatic carbocycles. The average molecular weight is 426 g/mol. The molecule has 2 unspecified atom stereocenters. The number of hydrogen-bond donors (Lipinski definition) is 0. The molecule has 2 atom stereocenters. The zero-order chi connectivity index (χ0) is 20.8. The molecule has 2 aliphatic rings. The zero-order valence-corrected chi connectivity index (χ0v) is 17.8. The van der Waals surface area contributed by atoms with Crippen molar-refractivity contribution >= 4 is 28.4 Å². The van der Waals surface area contributed by atoms with Gasteiger partial charge in [-0.05, 0) is 67.9 Å². The molecule has 1 aliphatic heterocycles. The summed E-state index contributed by atoms with van der Waals surface area (Å²) in [6, 6.07) is 6.81. The van der Waals surface area contributed by atoms with Crippen LogP contribution in [0.15, 0.2) is 36.7 Å². The molecule has 1 amide bonds. The lowest BCUT2D eigenvalue weighted by atomic mass is 9.67. The highest BCUT2D eigenvalue weighted by atomic mass is 35.5. The van der Waals surface area contributed by atoms with Crippen molar-refractivity contribution < 1.29 is 9.18 Å². The standard InChI is InChI=1S/C24H25ClFN3O/c1-28-12-9-18-22(17-7-6-16(17)19-13-15(25)5-8-21(19)26)27-14-20(23(18)28)24(30)29-10-3-2-4-11-29/h5,8-9,12-14,16-17H,2-4,6-7,10-11H2,1H3. The molecule has 1 saturated heterocycles. The van der Waals surface area contributed by atoms with Crippen molar-refractivity contribution in [1.82, 2.24) is 14.5 Å². The maximum Gasteiger partial charge on any atom is 0.257 e. The molecule has 6 heteroatoms. The molecule has 0 spiro atoms. The Hall–Kier alpha value is -2.40. The number of aryl methyl sites for hydroxylation is 1. The van der Waals surface area contributed by atoms with E-state index < -0.39 is 0 Å². The van der Waals surface area contributed by atoms with Gasteiger partial charge in [0, 0.05) is 48.9 Å². The summed E-state index contributed by atoms with van der Waals surface area (Å²) in [6.07, 6.45) is 8.88. The second-order valence-corrected chi connectivity index (χ2v) is 8.99. The number of pyridine rings is 1. The monoisotopic (exact) mass is 425 g/mol. The summed E-state index contributed by atoms with van der Waals surface area (Å²) in [7, 11) is 1.97. The number of carbonyl (C=O) groups is 1. The number of nitrogens with zero attached hydrogens (tertiary/aromatic N) is 3. The van der Waals surface area contributed by atoms with Crippen LogP contribution in [0.1, 0.15) is 65.6 Å². The molecular formula is C24H25ClFN3O. The van der Waals surface area contributed by atoms with Gasteiger partial charge in [-0.25, -0.2) is 4.39 Å². The van der Waals surface area contributed by atoms with Crippen LogP contribution in [0, 0.1) is 5.82 Å². The average Bonchev–Trinajstić information content (AvgIpc) is 3.12. The first-order valence-corrected chi connectivity index (χ1v) is 11.1. The first-order valence-electron chi connectivity index (χ1n) is 10.7. The smallest absolute Gasteiger partial charge is 0.257 e. The fraction of sp³-hybridized carbons (Fsp3) is 0.417. The van der Waals surface area contributed by atoms with Crippen LogP contribution in [-0.4, -0.2) is 33.4 Å². The summed E-state index contributed by atoms with van der Waals surface area (Å²) < 4.78 is 16.5. The number of likely N-dealkylation sites (tertiary alicyclic amines) is 1. The Bertz CT molecular complexity index is 1120. The largest absolute Gasteiger partial charge is 0.350 e. The Kier molecular flexibility index (Phi) is 5.02. The van der Waals surface area contributed by atoms with Crippen molar-refractivity contribution in [3.63, 3.8) is 0 Å². The summed E-state index contributed by atoms with van der Waals surface area (Å²) in [5.74, 6) is 0.0344. The summed E-state index contributed by atoms with van der Waals surface area (Å²) in [6.45, 7) is 1.62. The molecular weight excluding hydrogens is 401 g/mol. The lowest BCUT2D eigenvalue weighted by Gasteiger charge is -2.37. The fourth-order valence-electron chi connectivity index (χ4n) is 5.05. The van der Waals surface area contributed by atoms with Crippen LogP contribution in [0.4, 0.5) is 4.39 Å². The van der Waals surface area contributed by atoms with E-state index in [2.05, 4.69) is 0 Å². The molecule has 2 aromatic heterocycles. The highest BCUT2D eigenvalue weighted by molar-refractivity contribution is 6.30. The van der Waals surface area contributed by atoms with Crippen molar-refractivity contribution in [1.29, 1.82) is 0 Å². The first-order chi connectivity index (χ1) is 14.5. The Labute approximate surface area is 180 Å². The number of halogens is 2. The van der Waals surface area contributed by atoms with Gasteiger partial charge in [0.1, 0.15) is 5.82 Å². The van der Waals surface area contributed by atoms with Crippen molar-refractivity contribution in [2.45, 2.75) is 43.9 Å². The third-order valence-electron chi connectivity index (χ3n) is 6.79. The topological polar surface area (TPSA) is 38.1 Å². The second-order valence-electron chi connectivity index (χ2n) is 8.56. The van der Waals surface area contributed by atoms with Gasteiger partial charge >= 0.3 is 0 Å². The molecule has 0 radical (unpaired) electrons. The Morgan fingerprint density at radius 2 is 1.90 bits per heavy atom. The van der Waals surface area contributed by atoms with E-state index in [9.17, 15) is 9.18 Å². The van der Waals surface area contributed by atoms with Crippen molar-refractivity contribution in [3.05, 3.63) is 64.3 Å². The minimum absolute atomic E-state index is 0.0586. The Morgan fingerprint density at radius 1 is 1.13 bits per heavy atom. The van der Waals surface area contributed by atoms with Gasteiger partial charge in [-0.1, -0.05) is 11.6 Å². The van der Waals surface area contributed by atoms with Gasteiger partial charge in [-0.3, -0.25) is 9.78 Å². The fourth-order valence-corrected chi connectivity index (χ4v) is 5.23. The number of piperidine rings is 1. The quantitative estimate of drug-likeness (QED) is 0.543. The lowest BCUT2D eigenvalue weighted by molar-refractivity contribution is 0.0725. The predicted molar refractivity (Wildman–Crippen MR) is 117 cm³/mol. The van der Waals surface area contributed by atoms with E-state index in [1.54, 1.807) is 18.3 Å². The maximum absolute atomic E-state index is 14.5. The van der Waals surface area contributed by atoms with E-state index in [4.69, 9.17) is 16.6 Å². The zero-order valence-electron chi connectivity index (χ0n) is 17.1. The van der Waals surface area contributed by atoms with Gasteiger partial charge in [-0.2, -0.15) is 0 Å². The van der Waals surface area contributed by atoms with Crippen LogP contribution >= 0.6 is 11.6 Å². The minimum atomic E-state index is -0.213. The van der Waals surface area contributed by atoms with Gasteiger partial charge < -0.3 is 9.47 Å². The number of benzene rings is 1. The SMILES string of the molecule is Cn1ccc2c(C3CCC3c3cc(Cl)ccc3F)ncc(C(=O)N3CCCCC3)c21. The van der Waals surface area contributed by atoms with Gasteiger partial charge in [-0.15, -0.1) is 0 Å². The van der Waals surface area contributed by atoms with E-state index in [0.717, 1.165) is 55.4 Å². The van der Waals surface area contributed by atoms with E-state index in [-0.39, 0.29) is 23.6 Å². The van der Waals surface area contributed by atoms with Gasteiger partial charge in [0.2, 0.25) is 0 Å². The summed E-state index contributed by atoms with van der Waals surface area (Å²) in [5.41, 5.74) is 3.20. The second kappa shape index (κ2) is 7.69. The summed E-state index contributed by atoms with van der Waals surface area (Å²) >= 11 is 6.14. The van der Waals surface area contributed by atoms with Crippen LogP contribution in [0.25, 0.3) is 10.9 Å². The number of rotatable bonds is 3. The lowest BCUT2D eigenvalue weighted by Crippen LogP contribution is -2.36. The first kappa shape index (κ1) is 19.6. The molecule has 30 heavy (non-hydrogen) atoms. The molecule has 0 bridgehead atoms. The van der Waals surface area contributed by atoms with E-state index >= 15 is 0 Å².